The monoisotopic (exact) mass is 643 g/mol. The molecule has 44 heavy (non-hydrogen) atoms. The van der Waals surface area contributed by atoms with E-state index in [1.807, 2.05) is 53.9 Å². The Morgan fingerprint density at radius 3 is 2.27 bits per heavy atom. The zero-order valence-electron chi connectivity index (χ0n) is 22.6. The second-order valence-corrected chi connectivity index (χ2v) is 11.7. The van der Waals surface area contributed by atoms with E-state index in [0.29, 0.717) is 26.4 Å². The Bertz CT molecular complexity index is 1880. The van der Waals surface area contributed by atoms with Gasteiger partial charge in [-0.2, -0.15) is 0 Å². The van der Waals surface area contributed by atoms with Crippen molar-refractivity contribution in [3.8, 4) is 11.3 Å². The first-order valence-corrected chi connectivity index (χ1v) is 15.1. The molecule has 1 unspecified atom stereocenters. The van der Waals surface area contributed by atoms with Crippen LogP contribution in [-0.2, 0) is 4.79 Å². The number of thioether (sulfide) groups is 1. The van der Waals surface area contributed by atoms with E-state index in [1.165, 1.54) is 29.2 Å². The van der Waals surface area contributed by atoms with Crippen molar-refractivity contribution in [1.82, 2.24) is 4.98 Å². The predicted octanol–water partition coefficient (Wildman–Crippen LogP) is 7.58. The number of carboxylic acids is 2. The number of hydrogen-bond acceptors (Lipinski definition) is 7. The summed E-state index contributed by atoms with van der Waals surface area (Å²) in [6.45, 7) is 0. The predicted molar refractivity (Wildman–Crippen MR) is 171 cm³/mol. The Labute approximate surface area is 264 Å². The van der Waals surface area contributed by atoms with Crippen molar-refractivity contribution in [1.29, 1.82) is 0 Å². The largest absolute Gasteiger partial charge is 0.478 e. The number of carbonyl (C=O) groups is 4. The molecular formula is C32H22ClN3O6S2. The number of nitrogens with zero attached hydrogens (tertiary/aromatic N) is 1. The number of thiazole rings is 1. The number of anilines is 2. The van der Waals surface area contributed by atoms with E-state index in [4.69, 9.17) is 11.6 Å². The van der Waals surface area contributed by atoms with Crippen LogP contribution in [0.4, 0.5) is 10.8 Å². The highest BCUT2D eigenvalue weighted by Crippen LogP contribution is 2.38. The smallest absolute Gasteiger partial charge is 0.336 e. The first-order valence-electron chi connectivity index (χ1n) is 12.9. The molecule has 220 valence electrons. The van der Waals surface area contributed by atoms with Gasteiger partial charge in [0.1, 0.15) is 5.25 Å². The third kappa shape index (κ3) is 7.14. The summed E-state index contributed by atoms with van der Waals surface area (Å²) in [5.74, 6) is -3.77. The standard InChI is InChI=1S/C32H22ClN3O6S2/c33-25-12-5-4-11-23(25)26-17-43-32(35-26)36-29(38)27(18-7-2-1-3-8-18)44-21-10-6-9-20(16-21)34-28(37)22-14-13-19(30(39)40)15-24(22)31(41)42/h1-17,27H,(H,34,37)(H,39,40)(H,41,42)(H,35,36,38). The van der Waals surface area contributed by atoms with Crippen LogP contribution in [0.1, 0.15) is 41.9 Å². The summed E-state index contributed by atoms with van der Waals surface area (Å²) in [5.41, 5.74) is 1.63. The van der Waals surface area contributed by atoms with Crippen molar-refractivity contribution in [2.75, 3.05) is 10.6 Å². The van der Waals surface area contributed by atoms with Crippen molar-refractivity contribution < 1.29 is 29.4 Å². The molecule has 12 heteroatoms. The van der Waals surface area contributed by atoms with Gasteiger partial charge in [-0.3, -0.25) is 9.59 Å². The van der Waals surface area contributed by atoms with Gasteiger partial charge >= 0.3 is 11.9 Å². The minimum Gasteiger partial charge on any atom is -0.478 e. The molecule has 0 radical (unpaired) electrons. The number of carboxylic acid groups (broad SMARTS) is 2. The average Bonchev–Trinajstić information content (AvgIpc) is 3.48. The number of nitrogens with one attached hydrogen (secondary N) is 2. The number of rotatable bonds is 10. The first-order chi connectivity index (χ1) is 21.2. The van der Waals surface area contributed by atoms with Gasteiger partial charge < -0.3 is 20.8 Å². The van der Waals surface area contributed by atoms with Crippen LogP contribution in [0.25, 0.3) is 11.3 Å². The van der Waals surface area contributed by atoms with E-state index < -0.39 is 28.7 Å². The molecule has 5 rings (SSSR count). The highest BCUT2D eigenvalue weighted by molar-refractivity contribution is 8.00. The minimum atomic E-state index is -1.43. The van der Waals surface area contributed by atoms with Gasteiger partial charge in [-0.1, -0.05) is 66.2 Å². The van der Waals surface area contributed by atoms with E-state index in [9.17, 15) is 29.4 Å². The second kappa shape index (κ2) is 13.6. The summed E-state index contributed by atoms with van der Waals surface area (Å²) in [7, 11) is 0. The molecule has 2 amide bonds. The number of aromatic nitrogens is 1. The lowest BCUT2D eigenvalue weighted by Crippen LogP contribution is -2.19. The average molecular weight is 644 g/mol. The molecule has 1 atom stereocenters. The number of halogens is 1. The number of benzene rings is 4. The normalized spacial score (nSPS) is 11.4. The van der Waals surface area contributed by atoms with Crippen molar-refractivity contribution >= 4 is 69.3 Å². The lowest BCUT2D eigenvalue weighted by Gasteiger charge is -2.17. The third-order valence-electron chi connectivity index (χ3n) is 6.31. The molecule has 1 heterocycles. The maximum absolute atomic E-state index is 13.6. The fraction of sp³-hybridized carbons (Fsp3) is 0.0312. The third-order valence-corrected chi connectivity index (χ3v) is 8.65. The van der Waals surface area contributed by atoms with Gasteiger partial charge in [-0.25, -0.2) is 14.6 Å². The van der Waals surface area contributed by atoms with E-state index in [2.05, 4.69) is 15.6 Å². The Hall–Kier alpha value is -4.97. The summed E-state index contributed by atoms with van der Waals surface area (Å²) in [6.07, 6.45) is 0. The molecule has 0 fully saturated rings. The molecule has 5 aromatic rings. The van der Waals surface area contributed by atoms with Gasteiger partial charge in [0.15, 0.2) is 5.13 Å². The van der Waals surface area contributed by atoms with Gasteiger partial charge in [0.25, 0.3) is 5.91 Å². The number of amides is 2. The number of aromatic carboxylic acids is 2. The van der Waals surface area contributed by atoms with Crippen molar-refractivity contribution in [2.45, 2.75) is 10.1 Å². The highest BCUT2D eigenvalue weighted by atomic mass is 35.5. The van der Waals surface area contributed by atoms with Crippen molar-refractivity contribution in [2.24, 2.45) is 0 Å². The Kier molecular flexibility index (Phi) is 9.39. The highest BCUT2D eigenvalue weighted by Gasteiger charge is 2.24. The molecule has 0 aliphatic carbocycles. The lowest BCUT2D eigenvalue weighted by atomic mass is 10.0. The van der Waals surface area contributed by atoms with Gasteiger partial charge in [0.05, 0.1) is 22.4 Å². The van der Waals surface area contributed by atoms with Crippen LogP contribution in [-0.4, -0.2) is 39.0 Å². The summed E-state index contributed by atoms with van der Waals surface area (Å²) >= 11 is 8.85. The van der Waals surface area contributed by atoms with Crippen LogP contribution < -0.4 is 10.6 Å². The Morgan fingerprint density at radius 2 is 1.55 bits per heavy atom. The molecule has 0 aliphatic rings. The molecule has 4 aromatic carbocycles. The van der Waals surface area contributed by atoms with E-state index in [-0.39, 0.29) is 17.0 Å². The van der Waals surface area contributed by atoms with E-state index in [0.717, 1.165) is 23.3 Å². The number of hydrogen-bond donors (Lipinski definition) is 4. The molecule has 0 aliphatic heterocycles. The fourth-order valence-electron chi connectivity index (χ4n) is 4.23. The SMILES string of the molecule is O=C(O)c1ccc(C(=O)Nc2cccc(SC(C(=O)Nc3nc(-c4ccccc4Cl)cs3)c3ccccc3)c2)c(C(=O)O)c1. The molecule has 1 aromatic heterocycles. The molecule has 0 spiro atoms. The minimum absolute atomic E-state index is 0.193. The molecule has 0 saturated heterocycles. The zero-order chi connectivity index (χ0) is 31.2. The molecular weight excluding hydrogens is 622 g/mol. The quantitative estimate of drug-likeness (QED) is 0.114. The van der Waals surface area contributed by atoms with Crippen LogP contribution in [0.15, 0.2) is 107 Å². The fourth-order valence-corrected chi connectivity index (χ4v) is 6.26. The summed E-state index contributed by atoms with van der Waals surface area (Å²) in [4.78, 5) is 54.8. The second-order valence-electron chi connectivity index (χ2n) is 9.27. The lowest BCUT2D eigenvalue weighted by molar-refractivity contribution is -0.115. The topological polar surface area (TPSA) is 146 Å². The summed E-state index contributed by atoms with van der Waals surface area (Å²) in [6, 6.07) is 26.5. The van der Waals surface area contributed by atoms with Crippen LogP contribution in [0.3, 0.4) is 0 Å². The van der Waals surface area contributed by atoms with Crippen LogP contribution in [0, 0.1) is 0 Å². The number of carbonyl (C=O) groups excluding carboxylic acids is 2. The van der Waals surface area contributed by atoms with E-state index >= 15 is 0 Å². The molecule has 4 N–H and O–H groups in total. The summed E-state index contributed by atoms with van der Waals surface area (Å²) < 4.78 is 0. The van der Waals surface area contributed by atoms with Crippen molar-refractivity contribution in [3.63, 3.8) is 0 Å². The Balaban J connectivity index is 1.36. The maximum atomic E-state index is 13.6. The van der Waals surface area contributed by atoms with Crippen molar-refractivity contribution in [3.05, 3.63) is 130 Å². The van der Waals surface area contributed by atoms with Gasteiger partial charge in [-0.15, -0.1) is 23.1 Å². The van der Waals surface area contributed by atoms with E-state index in [1.54, 1.807) is 30.3 Å². The van der Waals surface area contributed by atoms with Gasteiger partial charge in [0.2, 0.25) is 5.91 Å². The van der Waals surface area contributed by atoms with Gasteiger partial charge in [-0.05, 0) is 48.0 Å². The van der Waals surface area contributed by atoms with Crippen LogP contribution in [0.5, 0.6) is 0 Å². The molecule has 9 nitrogen and oxygen atoms in total. The maximum Gasteiger partial charge on any atom is 0.336 e. The molecule has 0 saturated carbocycles. The molecule has 0 bridgehead atoms. The summed E-state index contributed by atoms with van der Waals surface area (Å²) in [5, 5.41) is 26.4. The first kappa shape index (κ1) is 30.5. The van der Waals surface area contributed by atoms with Crippen LogP contribution in [0.2, 0.25) is 5.02 Å². The zero-order valence-corrected chi connectivity index (χ0v) is 25.0. The van der Waals surface area contributed by atoms with Crippen LogP contribution >= 0.6 is 34.7 Å². The Morgan fingerprint density at radius 1 is 0.795 bits per heavy atom. The van der Waals surface area contributed by atoms with Gasteiger partial charge in [0, 0.05) is 26.5 Å².